The molecule has 0 bridgehead atoms. The van der Waals surface area contributed by atoms with Crippen molar-refractivity contribution in [1.29, 1.82) is 0 Å². The molecule has 0 unspecified atom stereocenters. The van der Waals surface area contributed by atoms with Crippen LogP contribution in [0.5, 0.6) is 11.5 Å². The van der Waals surface area contributed by atoms with Crippen LogP contribution < -0.4 is 10.1 Å². The highest BCUT2D eigenvalue weighted by molar-refractivity contribution is 6.30. The average Bonchev–Trinajstić information content (AvgIpc) is 2.61. The van der Waals surface area contributed by atoms with Crippen LogP contribution in [-0.4, -0.2) is 10.9 Å². The standard InChI is InChI=1S/C22H21ClN2O2/c1-14(2)21-11-10-20(15(3)24-21)22(26)25-17-7-5-9-19(13-17)27-18-8-4-6-16(23)12-18/h4-14H,1-3H3,(H,25,26). The van der Waals surface area contributed by atoms with Crippen molar-refractivity contribution in [2.45, 2.75) is 26.7 Å². The van der Waals surface area contributed by atoms with Gasteiger partial charge in [-0.1, -0.05) is 37.6 Å². The van der Waals surface area contributed by atoms with Crippen molar-refractivity contribution in [2.75, 3.05) is 5.32 Å². The molecule has 0 atom stereocenters. The van der Waals surface area contributed by atoms with Gasteiger partial charge in [0.15, 0.2) is 0 Å². The van der Waals surface area contributed by atoms with Gasteiger partial charge in [0, 0.05) is 22.5 Å². The predicted octanol–water partition coefficient (Wildman–Crippen LogP) is 6.21. The zero-order valence-corrected chi connectivity index (χ0v) is 16.2. The lowest BCUT2D eigenvalue weighted by molar-refractivity contribution is 0.102. The van der Waals surface area contributed by atoms with Crippen molar-refractivity contribution in [1.82, 2.24) is 4.98 Å². The zero-order valence-electron chi connectivity index (χ0n) is 15.5. The number of aromatic nitrogens is 1. The Morgan fingerprint density at radius 2 is 1.74 bits per heavy atom. The van der Waals surface area contributed by atoms with Gasteiger partial charge in [-0.15, -0.1) is 0 Å². The van der Waals surface area contributed by atoms with Crippen molar-refractivity contribution < 1.29 is 9.53 Å². The van der Waals surface area contributed by atoms with Gasteiger partial charge in [-0.05, 0) is 55.3 Å². The fourth-order valence-corrected chi connectivity index (χ4v) is 2.82. The lowest BCUT2D eigenvalue weighted by Crippen LogP contribution is -2.14. The Labute approximate surface area is 164 Å². The molecule has 27 heavy (non-hydrogen) atoms. The van der Waals surface area contributed by atoms with E-state index < -0.39 is 0 Å². The van der Waals surface area contributed by atoms with E-state index in [0.717, 1.165) is 5.69 Å². The number of ether oxygens (including phenoxy) is 1. The Kier molecular flexibility index (Phi) is 5.77. The lowest BCUT2D eigenvalue weighted by Gasteiger charge is -2.11. The summed E-state index contributed by atoms with van der Waals surface area (Å²) in [6.45, 7) is 6.00. The van der Waals surface area contributed by atoms with E-state index in [1.165, 1.54) is 0 Å². The first kappa shape index (κ1) is 18.9. The van der Waals surface area contributed by atoms with E-state index in [1.807, 2.05) is 49.4 Å². The molecule has 1 heterocycles. The molecule has 1 amide bonds. The Morgan fingerprint density at radius 3 is 2.41 bits per heavy atom. The molecule has 3 aromatic rings. The van der Waals surface area contributed by atoms with Crippen LogP contribution in [0.4, 0.5) is 5.69 Å². The van der Waals surface area contributed by atoms with Crippen LogP contribution in [0.15, 0.2) is 60.7 Å². The normalized spacial score (nSPS) is 10.7. The summed E-state index contributed by atoms with van der Waals surface area (Å²) in [6, 6.07) is 18.1. The van der Waals surface area contributed by atoms with Crippen LogP contribution in [0, 0.1) is 6.92 Å². The molecule has 138 valence electrons. The summed E-state index contributed by atoms with van der Waals surface area (Å²) in [5.41, 5.74) is 2.89. The first-order valence-corrected chi connectivity index (χ1v) is 9.12. The minimum Gasteiger partial charge on any atom is -0.457 e. The quantitative estimate of drug-likeness (QED) is 0.572. The number of aryl methyl sites for hydroxylation is 1. The molecular weight excluding hydrogens is 360 g/mol. The third kappa shape index (κ3) is 4.86. The second-order valence-electron chi connectivity index (χ2n) is 6.57. The van der Waals surface area contributed by atoms with Crippen LogP contribution in [0.1, 0.15) is 41.5 Å². The molecule has 0 aliphatic carbocycles. The molecule has 3 rings (SSSR count). The van der Waals surface area contributed by atoms with Gasteiger partial charge in [0.05, 0.1) is 11.3 Å². The van der Waals surface area contributed by atoms with E-state index in [4.69, 9.17) is 16.3 Å². The maximum absolute atomic E-state index is 12.6. The number of nitrogens with zero attached hydrogens (tertiary/aromatic N) is 1. The fourth-order valence-electron chi connectivity index (χ4n) is 2.64. The second-order valence-corrected chi connectivity index (χ2v) is 7.00. The number of rotatable bonds is 5. The topological polar surface area (TPSA) is 51.2 Å². The highest BCUT2D eigenvalue weighted by Crippen LogP contribution is 2.26. The van der Waals surface area contributed by atoms with Crippen molar-refractivity contribution in [3.63, 3.8) is 0 Å². The van der Waals surface area contributed by atoms with Crippen molar-refractivity contribution in [2.24, 2.45) is 0 Å². The van der Waals surface area contributed by atoms with E-state index in [2.05, 4.69) is 24.1 Å². The number of anilines is 1. The monoisotopic (exact) mass is 380 g/mol. The SMILES string of the molecule is Cc1nc(C(C)C)ccc1C(=O)Nc1cccc(Oc2cccc(Cl)c2)c1. The van der Waals surface area contributed by atoms with Gasteiger partial charge in [0.25, 0.3) is 5.91 Å². The highest BCUT2D eigenvalue weighted by atomic mass is 35.5. The molecule has 1 aromatic heterocycles. The summed E-state index contributed by atoms with van der Waals surface area (Å²) in [5.74, 6) is 1.37. The molecule has 5 heteroatoms. The van der Waals surface area contributed by atoms with E-state index in [9.17, 15) is 4.79 Å². The number of carbonyl (C=O) groups is 1. The molecule has 0 aliphatic rings. The maximum Gasteiger partial charge on any atom is 0.257 e. The number of benzene rings is 2. The Hall–Kier alpha value is -2.85. The molecule has 4 nitrogen and oxygen atoms in total. The Morgan fingerprint density at radius 1 is 1.04 bits per heavy atom. The summed E-state index contributed by atoms with van der Waals surface area (Å²) in [7, 11) is 0. The van der Waals surface area contributed by atoms with Crippen molar-refractivity contribution in [3.05, 3.63) is 82.6 Å². The summed E-state index contributed by atoms with van der Waals surface area (Å²) < 4.78 is 5.80. The molecule has 1 N–H and O–H groups in total. The van der Waals surface area contributed by atoms with Gasteiger partial charge in [-0.2, -0.15) is 0 Å². The lowest BCUT2D eigenvalue weighted by atomic mass is 10.1. The zero-order chi connectivity index (χ0) is 19.4. The summed E-state index contributed by atoms with van der Waals surface area (Å²) in [6.07, 6.45) is 0. The second kappa shape index (κ2) is 8.23. The number of nitrogens with one attached hydrogen (secondary N) is 1. The molecule has 0 radical (unpaired) electrons. The van der Waals surface area contributed by atoms with Gasteiger partial charge < -0.3 is 10.1 Å². The highest BCUT2D eigenvalue weighted by Gasteiger charge is 2.12. The average molecular weight is 381 g/mol. The summed E-state index contributed by atoms with van der Waals surface area (Å²) >= 11 is 5.98. The first-order valence-electron chi connectivity index (χ1n) is 8.75. The third-order valence-corrected chi connectivity index (χ3v) is 4.30. The molecule has 0 saturated heterocycles. The van der Waals surface area contributed by atoms with Gasteiger partial charge in [0.1, 0.15) is 11.5 Å². The van der Waals surface area contributed by atoms with E-state index >= 15 is 0 Å². The van der Waals surface area contributed by atoms with Crippen LogP contribution in [0.2, 0.25) is 5.02 Å². The minimum atomic E-state index is -0.199. The largest absolute Gasteiger partial charge is 0.457 e. The van der Waals surface area contributed by atoms with Gasteiger partial charge >= 0.3 is 0 Å². The van der Waals surface area contributed by atoms with Crippen LogP contribution in [0.25, 0.3) is 0 Å². The third-order valence-electron chi connectivity index (χ3n) is 4.07. The number of pyridine rings is 1. The van der Waals surface area contributed by atoms with Crippen LogP contribution >= 0.6 is 11.6 Å². The molecular formula is C22H21ClN2O2. The van der Waals surface area contributed by atoms with Crippen molar-refractivity contribution in [3.8, 4) is 11.5 Å². The Bertz CT molecular complexity index is 970. The number of hydrogen-bond donors (Lipinski definition) is 1. The maximum atomic E-state index is 12.6. The fraction of sp³-hybridized carbons (Fsp3) is 0.182. The Balaban J connectivity index is 1.75. The first-order chi connectivity index (χ1) is 12.9. The number of hydrogen-bond acceptors (Lipinski definition) is 3. The van der Waals surface area contributed by atoms with E-state index in [1.54, 1.807) is 18.2 Å². The van der Waals surface area contributed by atoms with Gasteiger partial charge in [-0.25, -0.2) is 0 Å². The number of amides is 1. The predicted molar refractivity (Wildman–Crippen MR) is 109 cm³/mol. The van der Waals surface area contributed by atoms with Gasteiger partial charge in [0.2, 0.25) is 0 Å². The molecule has 0 aliphatic heterocycles. The number of halogens is 1. The molecule has 0 saturated carbocycles. The van der Waals surface area contributed by atoms with Crippen LogP contribution in [0.3, 0.4) is 0 Å². The molecule has 0 spiro atoms. The van der Waals surface area contributed by atoms with E-state index in [-0.39, 0.29) is 5.91 Å². The molecule has 2 aromatic carbocycles. The summed E-state index contributed by atoms with van der Waals surface area (Å²) in [5, 5.41) is 3.50. The minimum absolute atomic E-state index is 0.199. The summed E-state index contributed by atoms with van der Waals surface area (Å²) in [4.78, 5) is 17.1. The number of carbonyl (C=O) groups excluding carboxylic acids is 1. The van der Waals surface area contributed by atoms with Crippen LogP contribution in [-0.2, 0) is 0 Å². The van der Waals surface area contributed by atoms with Gasteiger partial charge in [-0.3, -0.25) is 9.78 Å². The molecule has 0 fully saturated rings. The van der Waals surface area contributed by atoms with E-state index in [0.29, 0.717) is 39.4 Å². The van der Waals surface area contributed by atoms with Crippen molar-refractivity contribution >= 4 is 23.2 Å². The smallest absolute Gasteiger partial charge is 0.257 e.